The second kappa shape index (κ2) is 8.98. The van der Waals surface area contributed by atoms with Crippen molar-refractivity contribution in [1.82, 2.24) is 0 Å². The number of nitrogens with zero attached hydrogens (tertiary/aromatic N) is 2. The number of anilines is 1. The van der Waals surface area contributed by atoms with E-state index in [1.165, 1.54) is 46.4 Å². The molecule has 0 bridgehead atoms. The topological polar surface area (TPSA) is 15.6 Å². The van der Waals surface area contributed by atoms with Crippen molar-refractivity contribution in [1.29, 1.82) is 0 Å². The lowest BCUT2D eigenvalue weighted by molar-refractivity contribution is 0.550. The summed E-state index contributed by atoms with van der Waals surface area (Å²) >= 11 is 0. The van der Waals surface area contributed by atoms with E-state index in [0.29, 0.717) is 0 Å². The summed E-state index contributed by atoms with van der Waals surface area (Å²) in [7, 11) is 0. The van der Waals surface area contributed by atoms with Crippen LogP contribution in [-0.2, 0) is 6.42 Å². The highest BCUT2D eigenvalue weighted by molar-refractivity contribution is 5.90. The van der Waals surface area contributed by atoms with Crippen molar-refractivity contribution in [2.75, 3.05) is 11.4 Å². The van der Waals surface area contributed by atoms with E-state index in [9.17, 15) is 0 Å². The molecule has 2 aromatic carbocycles. The molecule has 2 heteroatoms. The number of rotatable bonds is 7. The normalized spacial score (nSPS) is 15.5. The first-order valence-electron chi connectivity index (χ1n) is 11.1. The van der Waals surface area contributed by atoms with Gasteiger partial charge in [-0.2, -0.15) is 0 Å². The minimum atomic E-state index is 0.0503. The predicted octanol–water partition coefficient (Wildman–Crippen LogP) is 7.50. The van der Waals surface area contributed by atoms with Gasteiger partial charge < -0.3 is 4.90 Å². The van der Waals surface area contributed by atoms with Gasteiger partial charge in [-0.25, -0.2) is 0 Å². The van der Waals surface area contributed by atoms with Gasteiger partial charge in [-0.15, -0.1) is 0 Å². The van der Waals surface area contributed by atoms with Gasteiger partial charge in [0.1, 0.15) is 0 Å². The molecule has 0 N–H and O–H groups in total. The van der Waals surface area contributed by atoms with Gasteiger partial charge in [-0.05, 0) is 93.5 Å². The van der Waals surface area contributed by atoms with Gasteiger partial charge in [0.2, 0.25) is 0 Å². The van der Waals surface area contributed by atoms with Crippen LogP contribution in [0.3, 0.4) is 0 Å². The molecule has 3 rings (SSSR count). The minimum absolute atomic E-state index is 0.0503. The molecule has 1 heterocycles. The van der Waals surface area contributed by atoms with Crippen molar-refractivity contribution in [2.45, 2.75) is 72.8 Å². The highest BCUT2D eigenvalue weighted by Crippen LogP contribution is 2.40. The Labute approximate surface area is 177 Å². The van der Waals surface area contributed by atoms with E-state index < -0.39 is 0 Å². The summed E-state index contributed by atoms with van der Waals surface area (Å²) in [6.07, 6.45) is 9.20. The molecular formula is C27H36N2. The molecule has 0 atom stereocenters. The van der Waals surface area contributed by atoms with Gasteiger partial charge in [0.05, 0.1) is 11.2 Å². The van der Waals surface area contributed by atoms with Crippen molar-refractivity contribution in [3.63, 3.8) is 0 Å². The van der Waals surface area contributed by atoms with Crippen LogP contribution in [0.5, 0.6) is 0 Å². The van der Waals surface area contributed by atoms with Crippen molar-refractivity contribution < 1.29 is 0 Å². The van der Waals surface area contributed by atoms with E-state index in [4.69, 9.17) is 4.99 Å². The molecule has 0 unspecified atom stereocenters. The van der Waals surface area contributed by atoms with Crippen LogP contribution < -0.4 is 4.90 Å². The van der Waals surface area contributed by atoms with Crippen LogP contribution in [0.4, 0.5) is 11.4 Å². The van der Waals surface area contributed by atoms with Crippen LogP contribution in [0.2, 0.25) is 0 Å². The molecule has 154 valence electrons. The number of hydrogen-bond acceptors (Lipinski definition) is 2. The Hall–Kier alpha value is -2.35. The van der Waals surface area contributed by atoms with Gasteiger partial charge in [0.15, 0.2) is 0 Å². The average Bonchev–Trinajstić information content (AvgIpc) is 2.68. The molecule has 0 amide bonds. The van der Waals surface area contributed by atoms with Crippen LogP contribution in [0.15, 0.2) is 47.5 Å². The lowest BCUT2D eigenvalue weighted by Crippen LogP contribution is -2.45. The fourth-order valence-electron chi connectivity index (χ4n) is 4.29. The standard InChI is InChI=1S/C27H36N2/c1-7-9-10-22-11-13-24(14-12-22)28-19-23-17-25-21(4)18-27(5,6)29(15-8-2)26(25)16-20(23)3/h11-14,16-19H,7-10,15H2,1-6H3. The van der Waals surface area contributed by atoms with Crippen LogP contribution >= 0.6 is 0 Å². The summed E-state index contributed by atoms with van der Waals surface area (Å²) in [5.74, 6) is 0. The summed E-state index contributed by atoms with van der Waals surface area (Å²) in [6.45, 7) is 14.6. The van der Waals surface area contributed by atoms with E-state index in [1.54, 1.807) is 0 Å². The first-order chi connectivity index (χ1) is 13.9. The molecule has 0 saturated heterocycles. The molecule has 2 nitrogen and oxygen atoms in total. The number of fused-ring (bicyclic) bond motifs is 1. The van der Waals surface area contributed by atoms with Crippen molar-refractivity contribution in [3.05, 3.63) is 64.7 Å². The van der Waals surface area contributed by atoms with E-state index in [-0.39, 0.29) is 5.54 Å². The fraction of sp³-hybridized carbons (Fsp3) is 0.444. The summed E-state index contributed by atoms with van der Waals surface area (Å²) in [6, 6.07) is 13.3. The second-order valence-electron chi connectivity index (χ2n) is 8.89. The maximum absolute atomic E-state index is 4.76. The third kappa shape index (κ3) is 4.80. The molecule has 0 aliphatic carbocycles. The number of benzene rings is 2. The van der Waals surface area contributed by atoms with Gasteiger partial charge >= 0.3 is 0 Å². The first-order valence-corrected chi connectivity index (χ1v) is 11.1. The zero-order chi connectivity index (χ0) is 21.0. The number of hydrogen-bond donors (Lipinski definition) is 0. The Morgan fingerprint density at radius 2 is 1.72 bits per heavy atom. The summed E-state index contributed by atoms with van der Waals surface area (Å²) in [5.41, 5.74) is 8.98. The molecular weight excluding hydrogens is 352 g/mol. The van der Waals surface area contributed by atoms with E-state index >= 15 is 0 Å². The molecule has 0 fully saturated rings. The third-order valence-electron chi connectivity index (χ3n) is 5.92. The van der Waals surface area contributed by atoms with E-state index in [2.05, 4.69) is 88.9 Å². The second-order valence-corrected chi connectivity index (χ2v) is 8.89. The molecule has 0 saturated carbocycles. The molecule has 1 aliphatic rings. The van der Waals surface area contributed by atoms with Crippen LogP contribution in [0, 0.1) is 6.92 Å². The zero-order valence-corrected chi connectivity index (χ0v) is 19.0. The average molecular weight is 389 g/mol. The van der Waals surface area contributed by atoms with Gasteiger partial charge in [0, 0.05) is 24.0 Å². The fourth-order valence-corrected chi connectivity index (χ4v) is 4.29. The number of unbranched alkanes of at least 4 members (excludes halogenated alkanes) is 1. The Bertz CT molecular complexity index is 901. The van der Waals surface area contributed by atoms with E-state index in [1.807, 2.05) is 6.21 Å². The lowest BCUT2D eigenvalue weighted by atomic mass is 9.87. The third-order valence-corrected chi connectivity index (χ3v) is 5.92. The Balaban J connectivity index is 1.89. The maximum atomic E-state index is 4.76. The molecule has 1 aliphatic heterocycles. The minimum Gasteiger partial charge on any atom is -0.362 e. The number of aliphatic imine (C=N–C) groups is 1. The first kappa shape index (κ1) is 21.4. The maximum Gasteiger partial charge on any atom is 0.0630 e. The largest absolute Gasteiger partial charge is 0.362 e. The number of aryl methyl sites for hydroxylation is 2. The van der Waals surface area contributed by atoms with E-state index in [0.717, 1.165) is 25.1 Å². The summed E-state index contributed by atoms with van der Waals surface area (Å²) in [5, 5.41) is 0. The van der Waals surface area contributed by atoms with Crippen LogP contribution in [0.25, 0.3) is 5.57 Å². The van der Waals surface area contributed by atoms with Gasteiger partial charge in [-0.1, -0.05) is 38.5 Å². The van der Waals surface area contributed by atoms with Gasteiger partial charge in [0.25, 0.3) is 0 Å². The number of allylic oxidation sites excluding steroid dienone is 1. The molecule has 0 spiro atoms. The van der Waals surface area contributed by atoms with Crippen molar-refractivity contribution in [3.8, 4) is 0 Å². The zero-order valence-electron chi connectivity index (χ0n) is 19.0. The molecule has 0 aromatic heterocycles. The van der Waals surface area contributed by atoms with Crippen LogP contribution in [0.1, 0.15) is 76.1 Å². The SMILES string of the molecule is CCCCc1ccc(N=Cc2cc3c(cc2C)N(CCC)C(C)(C)C=C3C)cc1. The monoisotopic (exact) mass is 388 g/mol. The molecule has 2 aromatic rings. The predicted molar refractivity (Wildman–Crippen MR) is 129 cm³/mol. The smallest absolute Gasteiger partial charge is 0.0630 e. The summed E-state index contributed by atoms with van der Waals surface area (Å²) < 4.78 is 0. The highest BCUT2D eigenvalue weighted by Gasteiger charge is 2.31. The lowest BCUT2D eigenvalue weighted by Gasteiger charge is -2.43. The highest BCUT2D eigenvalue weighted by atomic mass is 15.2. The van der Waals surface area contributed by atoms with Crippen LogP contribution in [-0.4, -0.2) is 18.3 Å². The Kier molecular flexibility index (Phi) is 6.62. The van der Waals surface area contributed by atoms with Gasteiger partial charge in [-0.3, -0.25) is 4.99 Å². The molecule has 29 heavy (non-hydrogen) atoms. The van der Waals surface area contributed by atoms with Crippen molar-refractivity contribution >= 4 is 23.2 Å². The Morgan fingerprint density at radius 1 is 1.00 bits per heavy atom. The summed E-state index contributed by atoms with van der Waals surface area (Å²) in [4.78, 5) is 7.30. The Morgan fingerprint density at radius 3 is 2.38 bits per heavy atom. The molecule has 0 radical (unpaired) electrons. The quantitative estimate of drug-likeness (QED) is 0.448. The van der Waals surface area contributed by atoms with Crippen molar-refractivity contribution in [2.24, 2.45) is 4.99 Å².